The molecule has 2 amide bonds. The molecule has 0 radical (unpaired) electrons. The first-order valence-corrected chi connectivity index (χ1v) is 10.1. The quantitative estimate of drug-likeness (QED) is 0.903. The SMILES string of the molecule is O=C(NCc1ccnc(N2CCCCCC2)c1)N1CCCCCCC1. The number of urea groups is 1. The van der Waals surface area contributed by atoms with E-state index >= 15 is 0 Å². The highest BCUT2D eigenvalue weighted by molar-refractivity contribution is 5.74. The molecule has 0 spiro atoms. The molecule has 2 fully saturated rings. The summed E-state index contributed by atoms with van der Waals surface area (Å²) in [6, 6.07) is 4.23. The van der Waals surface area contributed by atoms with E-state index in [0.29, 0.717) is 6.54 Å². The van der Waals surface area contributed by atoms with Crippen LogP contribution in [0.5, 0.6) is 0 Å². The van der Waals surface area contributed by atoms with Gasteiger partial charge in [-0.2, -0.15) is 0 Å². The van der Waals surface area contributed by atoms with E-state index in [2.05, 4.69) is 21.3 Å². The molecule has 0 saturated carbocycles. The molecule has 5 heteroatoms. The number of aromatic nitrogens is 1. The summed E-state index contributed by atoms with van der Waals surface area (Å²) in [6.07, 6.45) is 13.1. The van der Waals surface area contributed by atoms with Crippen LogP contribution in [0.3, 0.4) is 0 Å². The van der Waals surface area contributed by atoms with Gasteiger partial charge in [-0.3, -0.25) is 0 Å². The van der Waals surface area contributed by atoms with Crippen molar-refractivity contribution in [3.05, 3.63) is 23.9 Å². The van der Waals surface area contributed by atoms with Crippen LogP contribution in [-0.2, 0) is 6.54 Å². The van der Waals surface area contributed by atoms with E-state index in [9.17, 15) is 4.79 Å². The number of amides is 2. The number of anilines is 1. The number of rotatable bonds is 3. The molecule has 2 aliphatic heterocycles. The number of likely N-dealkylation sites (tertiary alicyclic amines) is 1. The second-order valence-corrected chi connectivity index (χ2v) is 7.34. The Bertz CT molecular complexity index is 532. The van der Waals surface area contributed by atoms with Gasteiger partial charge in [0.2, 0.25) is 0 Å². The molecule has 1 N–H and O–H groups in total. The molecule has 25 heavy (non-hydrogen) atoms. The molecule has 1 aromatic heterocycles. The molecule has 0 aromatic carbocycles. The lowest BCUT2D eigenvalue weighted by molar-refractivity contribution is 0.192. The Morgan fingerprint density at radius 1 is 0.920 bits per heavy atom. The summed E-state index contributed by atoms with van der Waals surface area (Å²) in [4.78, 5) is 21.4. The first kappa shape index (κ1) is 18.0. The van der Waals surface area contributed by atoms with Crippen LogP contribution in [0.2, 0.25) is 0 Å². The Labute approximate surface area is 151 Å². The maximum Gasteiger partial charge on any atom is 0.317 e. The number of nitrogens with zero attached hydrogens (tertiary/aromatic N) is 3. The fraction of sp³-hybridized carbons (Fsp3) is 0.700. The van der Waals surface area contributed by atoms with Crippen molar-refractivity contribution < 1.29 is 4.79 Å². The van der Waals surface area contributed by atoms with Gasteiger partial charge in [-0.05, 0) is 43.4 Å². The van der Waals surface area contributed by atoms with Gasteiger partial charge >= 0.3 is 6.03 Å². The third-order valence-corrected chi connectivity index (χ3v) is 5.33. The van der Waals surface area contributed by atoms with E-state index in [0.717, 1.165) is 50.4 Å². The zero-order valence-electron chi connectivity index (χ0n) is 15.4. The smallest absolute Gasteiger partial charge is 0.317 e. The minimum atomic E-state index is 0.0787. The van der Waals surface area contributed by atoms with Crippen LogP contribution >= 0.6 is 0 Å². The molecule has 2 saturated heterocycles. The maximum atomic E-state index is 12.5. The van der Waals surface area contributed by atoms with E-state index in [1.54, 1.807) is 0 Å². The zero-order valence-corrected chi connectivity index (χ0v) is 15.4. The fourth-order valence-corrected chi connectivity index (χ4v) is 3.78. The molecule has 138 valence electrons. The summed E-state index contributed by atoms with van der Waals surface area (Å²) in [7, 11) is 0. The first-order chi connectivity index (χ1) is 12.3. The van der Waals surface area contributed by atoms with Crippen LogP contribution in [0.4, 0.5) is 10.6 Å². The minimum Gasteiger partial charge on any atom is -0.357 e. The topological polar surface area (TPSA) is 48.5 Å². The molecular formula is C20H32N4O. The molecule has 1 aromatic rings. The van der Waals surface area contributed by atoms with E-state index in [1.165, 1.54) is 44.9 Å². The average Bonchev–Trinajstić information content (AvgIpc) is 2.89. The molecule has 5 nitrogen and oxygen atoms in total. The third-order valence-electron chi connectivity index (χ3n) is 5.33. The highest BCUT2D eigenvalue weighted by atomic mass is 16.2. The van der Waals surface area contributed by atoms with E-state index in [1.807, 2.05) is 17.2 Å². The molecule has 0 aliphatic carbocycles. The average molecular weight is 345 g/mol. The zero-order chi connectivity index (χ0) is 17.3. The highest BCUT2D eigenvalue weighted by Crippen LogP contribution is 2.18. The van der Waals surface area contributed by atoms with Crippen molar-refractivity contribution in [1.82, 2.24) is 15.2 Å². The van der Waals surface area contributed by atoms with Gasteiger partial charge in [0, 0.05) is 38.9 Å². The van der Waals surface area contributed by atoms with Gasteiger partial charge in [0.15, 0.2) is 0 Å². The number of carbonyl (C=O) groups excluding carboxylic acids is 1. The summed E-state index contributed by atoms with van der Waals surface area (Å²) in [6.45, 7) is 4.55. The second kappa shape index (κ2) is 9.64. The van der Waals surface area contributed by atoms with E-state index in [-0.39, 0.29) is 6.03 Å². The molecule has 0 atom stereocenters. The van der Waals surface area contributed by atoms with Gasteiger partial charge in [-0.15, -0.1) is 0 Å². The third kappa shape index (κ3) is 5.62. The normalized spacial score (nSPS) is 19.7. The monoisotopic (exact) mass is 344 g/mol. The van der Waals surface area contributed by atoms with Gasteiger partial charge in [0.25, 0.3) is 0 Å². The molecular weight excluding hydrogens is 312 g/mol. The van der Waals surface area contributed by atoms with Gasteiger partial charge in [0.1, 0.15) is 5.82 Å². The van der Waals surface area contributed by atoms with E-state index < -0.39 is 0 Å². The van der Waals surface area contributed by atoms with Crippen molar-refractivity contribution in [3.8, 4) is 0 Å². The van der Waals surface area contributed by atoms with Crippen LogP contribution in [0, 0.1) is 0 Å². The Kier molecular flexibility index (Phi) is 6.95. The summed E-state index contributed by atoms with van der Waals surface area (Å²) in [5.74, 6) is 1.06. The lowest BCUT2D eigenvalue weighted by Gasteiger charge is -2.25. The lowest BCUT2D eigenvalue weighted by atomic mass is 10.1. The van der Waals surface area contributed by atoms with E-state index in [4.69, 9.17) is 0 Å². The van der Waals surface area contributed by atoms with Crippen LogP contribution < -0.4 is 10.2 Å². The summed E-state index contributed by atoms with van der Waals surface area (Å²) in [5.41, 5.74) is 1.13. The number of nitrogens with one attached hydrogen (secondary N) is 1. The molecule has 0 bridgehead atoms. The number of carbonyl (C=O) groups is 1. The van der Waals surface area contributed by atoms with Crippen molar-refractivity contribution >= 4 is 11.8 Å². The second-order valence-electron chi connectivity index (χ2n) is 7.34. The van der Waals surface area contributed by atoms with Crippen molar-refractivity contribution in [3.63, 3.8) is 0 Å². The molecule has 3 heterocycles. The number of hydrogen-bond acceptors (Lipinski definition) is 3. The summed E-state index contributed by atoms with van der Waals surface area (Å²) in [5, 5.41) is 3.10. The Balaban J connectivity index is 1.53. The van der Waals surface area contributed by atoms with Crippen LogP contribution in [0.25, 0.3) is 0 Å². The Hall–Kier alpha value is -1.78. The lowest BCUT2D eigenvalue weighted by Crippen LogP contribution is -2.41. The van der Waals surface area contributed by atoms with Crippen LogP contribution in [0.15, 0.2) is 18.3 Å². The number of pyridine rings is 1. The van der Waals surface area contributed by atoms with Gasteiger partial charge < -0.3 is 15.1 Å². The highest BCUT2D eigenvalue weighted by Gasteiger charge is 2.15. The standard InChI is InChI=1S/C20H32N4O/c25-20(24-14-8-2-1-3-9-15-24)22-17-18-10-11-21-19(16-18)23-12-6-4-5-7-13-23/h10-11,16H,1-9,12-15,17H2,(H,22,25). The summed E-state index contributed by atoms with van der Waals surface area (Å²) < 4.78 is 0. The summed E-state index contributed by atoms with van der Waals surface area (Å²) >= 11 is 0. The van der Waals surface area contributed by atoms with Crippen LogP contribution in [-0.4, -0.2) is 42.1 Å². The van der Waals surface area contributed by atoms with Crippen molar-refractivity contribution in [1.29, 1.82) is 0 Å². The van der Waals surface area contributed by atoms with Crippen molar-refractivity contribution in [2.75, 3.05) is 31.1 Å². The molecule has 3 rings (SSSR count). The first-order valence-electron chi connectivity index (χ1n) is 10.1. The van der Waals surface area contributed by atoms with Crippen LogP contribution in [0.1, 0.15) is 63.4 Å². The predicted octanol–water partition coefficient (Wildman–Crippen LogP) is 3.94. The minimum absolute atomic E-state index is 0.0787. The van der Waals surface area contributed by atoms with Gasteiger partial charge in [0.05, 0.1) is 0 Å². The Morgan fingerprint density at radius 3 is 2.20 bits per heavy atom. The fourth-order valence-electron chi connectivity index (χ4n) is 3.78. The Morgan fingerprint density at radius 2 is 1.52 bits per heavy atom. The molecule has 0 unspecified atom stereocenters. The van der Waals surface area contributed by atoms with Crippen molar-refractivity contribution in [2.24, 2.45) is 0 Å². The number of hydrogen-bond donors (Lipinski definition) is 1. The predicted molar refractivity (Wildman–Crippen MR) is 102 cm³/mol. The maximum absolute atomic E-state index is 12.5. The van der Waals surface area contributed by atoms with Crippen molar-refractivity contribution in [2.45, 2.75) is 64.3 Å². The van der Waals surface area contributed by atoms with Gasteiger partial charge in [-0.25, -0.2) is 9.78 Å². The molecule has 2 aliphatic rings. The van der Waals surface area contributed by atoms with Gasteiger partial charge in [-0.1, -0.05) is 32.1 Å². The largest absolute Gasteiger partial charge is 0.357 e.